The molecule has 66 valence electrons. The van der Waals surface area contributed by atoms with E-state index in [4.69, 9.17) is 5.26 Å². The maximum Gasteiger partial charge on any atom is 0.229 e. The van der Waals surface area contributed by atoms with Gasteiger partial charge in [0.15, 0.2) is 0 Å². The minimum Gasteiger partial charge on any atom is -0.295 e. The van der Waals surface area contributed by atoms with Crippen LogP contribution in [0.1, 0.15) is 18.2 Å². The van der Waals surface area contributed by atoms with Gasteiger partial charge in [-0.3, -0.25) is 10.1 Å². The van der Waals surface area contributed by atoms with Crippen molar-refractivity contribution in [2.75, 3.05) is 5.32 Å². The molecule has 1 amide bonds. The predicted molar refractivity (Wildman–Crippen MR) is 45.8 cm³/mol. The van der Waals surface area contributed by atoms with E-state index in [0.29, 0.717) is 11.3 Å². The summed E-state index contributed by atoms with van der Waals surface area (Å²) >= 11 is 0. The predicted octanol–water partition coefficient (Wildman–Crippen LogP) is 0.615. The third-order valence-corrected chi connectivity index (χ3v) is 1.39. The fourth-order valence-electron chi connectivity index (χ4n) is 0.794. The van der Waals surface area contributed by atoms with Gasteiger partial charge in [0.2, 0.25) is 11.9 Å². The third kappa shape index (κ3) is 2.24. The summed E-state index contributed by atoms with van der Waals surface area (Å²) in [7, 11) is 0. The molecule has 13 heavy (non-hydrogen) atoms. The van der Waals surface area contributed by atoms with Gasteiger partial charge in [0.25, 0.3) is 0 Å². The first kappa shape index (κ1) is 9.13. The summed E-state index contributed by atoms with van der Waals surface area (Å²) in [5.41, 5.74) is 0.968. The Kier molecular flexibility index (Phi) is 2.55. The molecule has 0 radical (unpaired) electrons. The highest BCUT2D eigenvalue weighted by Gasteiger charge is 2.02. The Bertz CT molecular complexity index is 380. The normalized spacial score (nSPS) is 9.00. The van der Waals surface area contributed by atoms with Crippen LogP contribution in [0.25, 0.3) is 0 Å². The van der Waals surface area contributed by atoms with E-state index in [1.165, 1.54) is 13.1 Å². The number of hydrogen-bond donors (Lipinski definition) is 1. The molecule has 1 rings (SSSR count). The lowest BCUT2D eigenvalue weighted by Crippen LogP contribution is -2.10. The molecular weight excluding hydrogens is 168 g/mol. The number of aromatic nitrogens is 2. The van der Waals surface area contributed by atoms with Crippen LogP contribution in [0.4, 0.5) is 5.95 Å². The van der Waals surface area contributed by atoms with E-state index >= 15 is 0 Å². The first-order chi connectivity index (χ1) is 6.13. The Morgan fingerprint density at radius 2 is 2.38 bits per heavy atom. The smallest absolute Gasteiger partial charge is 0.229 e. The van der Waals surface area contributed by atoms with Crippen LogP contribution in [0.5, 0.6) is 0 Å². The number of hydrogen-bond acceptors (Lipinski definition) is 4. The van der Waals surface area contributed by atoms with E-state index in [0.717, 1.165) is 0 Å². The van der Waals surface area contributed by atoms with Gasteiger partial charge < -0.3 is 0 Å². The zero-order chi connectivity index (χ0) is 9.84. The minimum atomic E-state index is -0.232. The number of carbonyl (C=O) groups excluding carboxylic acids is 1. The fraction of sp³-hybridized carbons (Fsp3) is 0.250. The standard InChI is InChI=1S/C8H8N4O/c1-5-7(3-9)4-10-8(11-5)12-6(2)13/h4H,1-2H3,(H,10,11,12,13). The highest BCUT2D eigenvalue weighted by atomic mass is 16.1. The van der Waals surface area contributed by atoms with Gasteiger partial charge in [0.1, 0.15) is 6.07 Å². The summed E-state index contributed by atoms with van der Waals surface area (Å²) in [6.07, 6.45) is 1.38. The number of nitrogens with one attached hydrogen (secondary N) is 1. The van der Waals surface area contributed by atoms with Crippen molar-refractivity contribution in [2.24, 2.45) is 0 Å². The average molecular weight is 176 g/mol. The van der Waals surface area contributed by atoms with Crippen LogP contribution < -0.4 is 5.32 Å². The van der Waals surface area contributed by atoms with Crippen molar-refractivity contribution in [3.8, 4) is 6.07 Å². The summed E-state index contributed by atoms with van der Waals surface area (Å²) in [4.78, 5) is 18.3. The molecule has 0 aliphatic rings. The molecular formula is C8H8N4O. The molecule has 1 heterocycles. The molecule has 0 saturated heterocycles. The van der Waals surface area contributed by atoms with Crippen LogP contribution in [0, 0.1) is 18.3 Å². The van der Waals surface area contributed by atoms with Crippen molar-refractivity contribution in [3.05, 3.63) is 17.5 Å². The lowest BCUT2D eigenvalue weighted by Gasteiger charge is -2.00. The highest BCUT2D eigenvalue weighted by Crippen LogP contribution is 2.04. The first-order valence-corrected chi connectivity index (χ1v) is 3.65. The number of carbonyl (C=O) groups is 1. The molecule has 0 fully saturated rings. The largest absolute Gasteiger partial charge is 0.295 e. The SMILES string of the molecule is CC(=O)Nc1ncc(C#N)c(C)n1. The Labute approximate surface area is 75.4 Å². The molecule has 0 unspecified atom stereocenters. The second-order valence-electron chi connectivity index (χ2n) is 2.49. The summed E-state index contributed by atoms with van der Waals surface area (Å²) in [5, 5.41) is 11.0. The van der Waals surface area contributed by atoms with Gasteiger partial charge in [-0.1, -0.05) is 0 Å². The van der Waals surface area contributed by atoms with Crippen LogP contribution in [-0.2, 0) is 4.79 Å². The Hall–Kier alpha value is -1.96. The second kappa shape index (κ2) is 3.63. The zero-order valence-electron chi connectivity index (χ0n) is 7.33. The molecule has 1 aromatic heterocycles. The Balaban J connectivity index is 2.97. The van der Waals surface area contributed by atoms with Gasteiger partial charge in [-0.25, -0.2) is 9.97 Å². The maximum atomic E-state index is 10.6. The monoisotopic (exact) mass is 176 g/mol. The number of amides is 1. The number of aryl methyl sites for hydroxylation is 1. The van der Waals surface area contributed by atoms with E-state index in [1.54, 1.807) is 6.92 Å². The fourth-order valence-corrected chi connectivity index (χ4v) is 0.794. The molecule has 0 atom stereocenters. The summed E-state index contributed by atoms with van der Waals surface area (Å²) in [6, 6.07) is 1.94. The lowest BCUT2D eigenvalue weighted by molar-refractivity contribution is -0.114. The highest BCUT2D eigenvalue weighted by molar-refractivity contribution is 5.86. The molecule has 0 aliphatic carbocycles. The second-order valence-corrected chi connectivity index (χ2v) is 2.49. The topological polar surface area (TPSA) is 78.7 Å². The first-order valence-electron chi connectivity index (χ1n) is 3.65. The van der Waals surface area contributed by atoms with Crippen molar-refractivity contribution in [3.63, 3.8) is 0 Å². The van der Waals surface area contributed by atoms with Gasteiger partial charge in [0.05, 0.1) is 17.5 Å². The average Bonchev–Trinajstić information content (AvgIpc) is 2.03. The van der Waals surface area contributed by atoms with Crippen molar-refractivity contribution in [2.45, 2.75) is 13.8 Å². The van der Waals surface area contributed by atoms with Crippen molar-refractivity contribution in [1.82, 2.24) is 9.97 Å². The Morgan fingerprint density at radius 1 is 1.69 bits per heavy atom. The van der Waals surface area contributed by atoms with Gasteiger partial charge in [-0.2, -0.15) is 5.26 Å². The molecule has 0 bridgehead atoms. The van der Waals surface area contributed by atoms with Crippen LogP contribution >= 0.6 is 0 Å². The molecule has 0 aromatic carbocycles. The van der Waals surface area contributed by atoms with E-state index in [1.807, 2.05) is 6.07 Å². The van der Waals surface area contributed by atoms with Crippen LogP contribution in [0.3, 0.4) is 0 Å². The summed E-state index contributed by atoms with van der Waals surface area (Å²) < 4.78 is 0. The summed E-state index contributed by atoms with van der Waals surface area (Å²) in [5.74, 6) is -0.00638. The van der Waals surface area contributed by atoms with Crippen molar-refractivity contribution < 1.29 is 4.79 Å². The van der Waals surface area contributed by atoms with E-state index < -0.39 is 0 Å². The number of nitriles is 1. The van der Waals surface area contributed by atoms with Crippen LogP contribution in [0.2, 0.25) is 0 Å². The van der Waals surface area contributed by atoms with Gasteiger partial charge in [-0.15, -0.1) is 0 Å². The molecule has 0 aliphatic heterocycles. The maximum absolute atomic E-state index is 10.6. The van der Waals surface area contributed by atoms with Gasteiger partial charge >= 0.3 is 0 Å². The minimum absolute atomic E-state index is 0.226. The van der Waals surface area contributed by atoms with Gasteiger partial charge in [-0.05, 0) is 6.92 Å². The number of rotatable bonds is 1. The molecule has 5 heteroatoms. The number of anilines is 1. The lowest BCUT2D eigenvalue weighted by atomic mass is 10.3. The molecule has 1 N–H and O–H groups in total. The molecule has 1 aromatic rings. The Morgan fingerprint density at radius 3 is 2.85 bits per heavy atom. The zero-order valence-corrected chi connectivity index (χ0v) is 7.33. The van der Waals surface area contributed by atoms with Crippen molar-refractivity contribution in [1.29, 1.82) is 5.26 Å². The molecule has 0 saturated carbocycles. The molecule has 5 nitrogen and oxygen atoms in total. The van der Waals surface area contributed by atoms with E-state index in [2.05, 4.69) is 15.3 Å². The van der Waals surface area contributed by atoms with E-state index in [-0.39, 0.29) is 11.9 Å². The van der Waals surface area contributed by atoms with E-state index in [9.17, 15) is 4.79 Å². The third-order valence-electron chi connectivity index (χ3n) is 1.39. The number of nitrogens with zero attached hydrogens (tertiary/aromatic N) is 3. The summed E-state index contributed by atoms with van der Waals surface area (Å²) in [6.45, 7) is 3.06. The quantitative estimate of drug-likeness (QED) is 0.680. The van der Waals surface area contributed by atoms with Crippen LogP contribution in [-0.4, -0.2) is 15.9 Å². The van der Waals surface area contributed by atoms with Crippen molar-refractivity contribution >= 4 is 11.9 Å². The molecule has 0 spiro atoms. The van der Waals surface area contributed by atoms with Crippen LogP contribution in [0.15, 0.2) is 6.20 Å². The van der Waals surface area contributed by atoms with Gasteiger partial charge in [0, 0.05) is 6.92 Å².